The number of methoxy groups -OCH3 is 1. The molecule has 0 fully saturated rings. The summed E-state index contributed by atoms with van der Waals surface area (Å²) in [6, 6.07) is 11.6. The highest BCUT2D eigenvalue weighted by Crippen LogP contribution is 2.28. The first-order valence-electron chi connectivity index (χ1n) is 11.3. The zero-order valence-electron chi connectivity index (χ0n) is 21.3. The molecule has 188 valence electrons. The van der Waals surface area contributed by atoms with Gasteiger partial charge >= 0.3 is 6.09 Å². The van der Waals surface area contributed by atoms with Crippen molar-refractivity contribution < 1.29 is 23.9 Å². The summed E-state index contributed by atoms with van der Waals surface area (Å²) in [7, 11) is 1.56. The molecule has 0 saturated carbocycles. The second-order valence-corrected chi connectivity index (χ2v) is 9.10. The third-order valence-corrected chi connectivity index (χ3v) is 5.29. The molecule has 1 unspecified atom stereocenters. The van der Waals surface area contributed by atoms with E-state index in [1.807, 2.05) is 32.0 Å². The number of carbonyl (C=O) groups excluding carboxylic acids is 3. The van der Waals surface area contributed by atoms with Crippen LogP contribution in [0.2, 0.25) is 0 Å². The Balaban J connectivity index is 2.38. The van der Waals surface area contributed by atoms with Crippen LogP contribution in [0.5, 0.6) is 5.75 Å². The van der Waals surface area contributed by atoms with Crippen molar-refractivity contribution in [1.82, 2.24) is 10.2 Å². The van der Waals surface area contributed by atoms with Crippen LogP contribution < -0.4 is 15.4 Å². The SMILES string of the molecule is C=CCN(C(=O)CNC(=O)OC(C)(C)C)C(C(=O)Nc1ccc(OC)cc1)c1cccc(C)c1C. The summed E-state index contributed by atoms with van der Waals surface area (Å²) in [6.07, 6.45) is 0.833. The number of anilines is 1. The van der Waals surface area contributed by atoms with E-state index in [1.54, 1.807) is 58.2 Å². The zero-order valence-corrected chi connectivity index (χ0v) is 21.3. The van der Waals surface area contributed by atoms with Crippen LogP contribution in [0.4, 0.5) is 10.5 Å². The molecule has 0 saturated heterocycles. The zero-order chi connectivity index (χ0) is 26.2. The summed E-state index contributed by atoms with van der Waals surface area (Å²) in [4.78, 5) is 40.4. The van der Waals surface area contributed by atoms with Gasteiger partial charge in [-0.2, -0.15) is 0 Å². The molecule has 0 aliphatic heterocycles. The first kappa shape index (κ1) is 27.4. The number of aryl methyl sites for hydroxylation is 1. The number of hydrogen-bond donors (Lipinski definition) is 2. The summed E-state index contributed by atoms with van der Waals surface area (Å²) >= 11 is 0. The van der Waals surface area contributed by atoms with Crippen LogP contribution in [0, 0.1) is 13.8 Å². The van der Waals surface area contributed by atoms with Gasteiger partial charge in [0.15, 0.2) is 0 Å². The van der Waals surface area contributed by atoms with Gasteiger partial charge in [0.1, 0.15) is 23.9 Å². The van der Waals surface area contributed by atoms with Crippen molar-refractivity contribution in [2.75, 3.05) is 25.5 Å². The molecule has 2 aromatic carbocycles. The van der Waals surface area contributed by atoms with Gasteiger partial charge in [0.25, 0.3) is 5.91 Å². The number of rotatable bonds is 9. The van der Waals surface area contributed by atoms with Crippen LogP contribution in [-0.4, -0.2) is 48.6 Å². The quantitative estimate of drug-likeness (QED) is 0.513. The van der Waals surface area contributed by atoms with Gasteiger partial charge in [-0.1, -0.05) is 24.3 Å². The number of amides is 3. The molecule has 0 heterocycles. The molecule has 8 heteroatoms. The van der Waals surface area contributed by atoms with Crippen molar-refractivity contribution in [2.24, 2.45) is 0 Å². The Morgan fingerprint density at radius 1 is 1.09 bits per heavy atom. The van der Waals surface area contributed by atoms with Gasteiger partial charge in [0, 0.05) is 12.2 Å². The van der Waals surface area contributed by atoms with E-state index < -0.39 is 29.6 Å². The highest BCUT2D eigenvalue weighted by Gasteiger charge is 2.32. The maximum Gasteiger partial charge on any atom is 0.408 e. The molecule has 0 aliphatic carbocycles. The smallest absolute Gasteiger partial charge is 0.408 e. The number of carbonyl (C=O) groups is 3. The predicted molar refractivity (Wildman–Crippen MR) is 136 cm³/mol. The van der Waals surface area contributed by atoms with Crippen LogP contribution in [-0.2, 0) is 14.3 Å². The normalized spacial score (nSPS) is 11.7. The molecule has 2 N–H and O–H groups in total. The van der Waals surface area contributed by atoms with Gasteiger partial charge in [0.05, 0.1) is 7.11 Å². The Bertz CT molecular complexity index is 1060. The van der Waals surface area contributed by atoms with E-state index in [0.717, 1.165) is 11.1 Å². The highest BCUT2D eigenvalue weighted by molar-refractivity contribution is 5.98. The lowest BCUT2D eigenvalue weighted by molar-refractivity contribution is -0.137. The Hall–Kier alpha value is -3.81. The molecule has 35 heavy (non-hydrogen) atoms. The van der Waals surface area contributed by atoms with E-state index in [0.29, 0.717) is 17.0 Å². The number of ether oxygens (including phenoxy) is 2. The predicted octanol–water partition coefficient (Wildman–Crippen LogP) is 4.53. The van der Waals surface area contributed by atoms with Gasteiger partial charge in [0.2, 0.25) is 5.91 Å². The summed E-state index contributed by atoms with van der Waals surface area (Å²) in [5.41, 5.74) is 2.42. The monoisotopic (exact) mass is 481 g/mol. The summed E-state index contributed by atoms with van der Waals surface area (Å²) in [5, 5.41) is 5.37. The lowest BCUT2D eigenvalue weighted by Gasteiger charge is -2.32. The lowest BCUT2D eigenvalue weighted by Crippen LogP contribution is -2.46. The van der Waals surface area contributed by atoms with Crippen LogP contribution in [0.25, 0.3) is 0 Å². The second kappa shape index (κ2) is 12.1. The summed E-state index contributed by atoms with van der Waals surface area (Å²) in [6.45, 7) is 12.6. The standard InChI is InChI=1S/C27H35N3O5/c1-8-16-30(23(31)17-28-26(33)35-27(4,5)6)24(22-11-9-10-18(2)19(22)3)25(32)29-20-12-14-21(34-7)15-13-20/h8-15,24H,1,16-17H2,2-7H3,(H,28,33)(H,29,32). The lowest BCUT2D eigenvalue weighted by atomic mass is 9.95. The van der Waals surface area contributed by atoms with E-state index in [2.05, 4.69) is 17.2 Å². The molecule has 3 amide bonds. The third kappa shape index (κ3) is 7.88. The van der Waals surface area contributed by atoms with E-state index in [-0.39, 0.29) is 13.1 Å². The van der Waals surface area contributed by atoms with Crippen molar-refractivity contribution in [3.63, 3.8) is 0 Å². The molecule has 0 bridgehead atoms. The minimum absolute atomic E-state index is 0.100. The molecule has 2 aromatic rings. The first-order valence-corrected chi connectivity index (χ1v) is 11.3. The van der Waals surface area contributed by atoms with E-state index >= 15 is 0 Å². The number of benzene rings is 2. The van der Waals surface area contributed by atoms with Crippen molar-refractivity contribution >= 4 is 23.6 Å². The number of nitrogens with zero attached hydrogens (tertiary/aromatic N) is 1. The molecular weight excluding hydrogens is 446 g/mol. The fourth-order valence-corrected chi connectivity index (χ4v) is 3.46. The number of hydrogen-bond acceptors (Lipinski definition) is 5. The Kier molecular flexibility index (Phi) is 9.45. The second-order valence-electron chi connectivity index (χ2n) is 9.10. The number of nitrogens with one attached hydrogen (secondary N) is 2. The molecular formula is C27H35N3O5. The number of alkyl carbamates (subject to hydrolysis) is 1. The minimum atomic E-state index is -0.956. The summed E-state index contributed by atoms with van der Waals surface area (Å²) in [5.74, 6) is -0.186. The van der Waals surface area contributed by atoms with Gasteiger partial charge in [-0.05, 0) is 75.6 Å². The minimum Gasteiger partial charge on any atom is -0.497 e. The van der Waals surface area contributed by atoms with Gasteiger partial charge in [-0.3, -0.25) is 9.59 Å². The van der Waals surface area contributed by atoms with E-state index in [1.165, 1.54) is 4.90 Å². The highest BCUT2D eigenvalue weighted by atomic mass is 16.6. The summed E-state index contributed by atoms with van der Waals surface area (Å²) < 4.78 is 10.4. The van der Waals surface area contributed by atoms with Gasteiger partial charge < -0.3 is 25.0 Å². The van der Waals surface area contributed by atoms with Crippen LogP contribution >= 0.6 is 0 Å². The van der Waals surface area contributed by atoms with Crippen LogP contribution in [0.1, 0.15) is 43.5 Å². The third-order valence-electron chi connectivity index (χ3n) is 5.29. The molecule has 0 aromatic heterocycles. The maximum atomic E-state index is 13.6. The Morgan fingerprint density at radius 3 is 2.31 bits per heavy atom. The average molecular weight is 482 g/mol. The molecule has 0 radical (unpaired) electrons. The van der Waals surface area contributed by atoms with Crippen molar-refractivity contribution in [3.05, 3.63) is 71.8 Å². The molecule has 2 rings (SSSR count). The Labute approximate surface area is 207 Å². The van der Waals surface area contributed by atoms with Gasteiger partial charge in [-0.25, -0.2) is 4.79 Å². The molecule has 8 nitrogen and oxygen atoms in total. The van der Waals surface area contributed by atoms with E-state index in [9.17, 15) is 14.4 Å². The van der Waals surface area contributed by atoms with Crippen LogP contribution in [0.15, 0.2) is 55.1 Å². The fourth-order valence-electron chi connectivity index (χ4n) is 3.46. The molecule has 1 atom stereocenters. The van der Waals surface area contributed by atoms with Crippen molar-refractivity contribution in [3.8, 4) is 5.75 Å². The largest absolute Gasteiger partial charge is 0.497 e. The van der Waals surface area contributed by atoms with E-state index in [4.69, 9.17) is 9.47 Å². The molecule has 0 aliphatic rings. The van der Waals surface area contributed by atoms with Crippen molar-refractivity contribution in [2.45, 2.75) is 46.3 Å². The molecule has 0 spiro atoms. The van der Waals surface area contributed by atoms with Crippen molar-refractivity contribution in [1.29, 1.82) is 0 Å². The van der Waals surface area contributed by atoms with Crippen LogP contribution in [0.3, 0.4) is 0 Å². The fraction of sp³-hybridized carbons (Fsp3) is 0.370. The Morgan fingerprint density at radius 2 is 1.74 bits per heavy atom. The van der Waals surface area contributed by atoms with Gasteiger partial charge in [-0.15, -0.1) is 6.58 Å². The topological polar surface area (TPSA) is 97.0 Å². The first-order chi connectivity index (χ1) is 16.5. The average Bonchev–Trinajstić information content (AvgIpc) is 2.79. The maximum absolute atomic E-state index is 13.6.